The summed E-state index contributed by atoms with van der Waals surface area (Å²) >= 11 is 0. The second kappa shape index (κ2) is 4.31. The van der Waals surface area contributed by atoms with Crippen molar-refractivity contribution in [2.45, 2.75) is 6.92 Å². The van der Waals surface area contributed by atoms with Crippen molar-refractivity contribution < 1.29 is 4.74 Å². The van der Waals surface area contributed by atoms with E-state index in [1.54, 1.807) is 11.5 Å². The number of nitrogens with zero attached hydrogens (tertiary/aromatic N) is 1. The quantitative estimate of drug-likeness (QED) is 0.764. The van der Waals surface area contributed by atoms with Crippen molar-refractivity contribution in [2.24, 2.45) is 0 Å². The maximum atomic E-state index is 11.8. The number of aromatic amines is 1. The zero-order chi connectivity index (χ0) is 13.4. The third-order valence-electron chi connectivity index (χ3n) is 3.16. The van der Waals surface area contributed by atoms with Crippen molar-refractivity contribution >= 4 is 5.52 Å². The van der Waals surface area contributed by atoms with Gasteiger partial charge in [-0.15, -0.1) is 0 Å². The average Bonchev–Trinajstić information content (AvgIpc) is 2.83. The highest BCUT2D eigenvalue weighted by atomic mass is 16.5. The number of nitrogens with one attached hydrogen (secondary N) is 1. The lowest BCUT2D eigenvalue weighted by molar-refractivity contribution is 0.415. The van der Waals surface area contributed by atoms with Gasteiger partial charge in [-0.3, -0.25) is 4.40 Å². The molecule has 4 heteroatoms. The minimum absolute atomic E-state index is 0.116. The van der Waals surface area contributed by atoms with Gasteiger partial charge in [0, 0.05) is 17.5 Å². The number of hydrogen-bond donors (Lipinski definition) is 1. The normalized spacial score (nSPS) is 10.8. The summed E-state index contributed by atoms with van der Waals surface area (Å²) in [6.07, 6.45) is 1.84. The van der Waals surface area contributed by atoms with Gasteiger partial charge in [0.25, 0.3) is 0 Å². The van der Waals surface area contributed by atoms with Crippen molar-refractivity contribution in [3.8, 4) is 16.9 Å². The Morgan fingerprint density at radius 1 is 1.11 bits per heavy atom. The van der Waals surface area contributed by atoms with Gasteiger partial charge in [-0.25, -0.2) is 4.79 Å². The lowest BCUT2D eigenvalue weighted by Gasteiger charge is -2.00. The van der Waals surface area contributed by atoms with Gasteiger partial charge in [0.2, 0.25) is 0 Å². The number of hydrogen-bond acceptors (Lipinski definition) is 2. The molecule has 1 aromatic carbocycles. The molecule has 1 N–H and O–H groups in total. The molecule has 0 bridgehead atoms. The fourth-order valence-electron chi connectivity index (χ4n) is 2.19. The largest absolute Gasteiger partial charge is 0.497 e. The molecule has 0 spiro atoms. The summed E-state index contributed by atoms with van der Waals surface area (Å²) in [5.74, 6) is 0.821. The van der Waals surface area contributed by atoms with Crippen LogP contribution in [0.4, 0.5) is 0 Å². The number of methoxy groups -OCH3 is 1. The molecule has 2 aromatic heterocycles. The van der Waals surface area contributed by atoms with E-state index in [0.29, 0.717) is 0 Å². The monoisotopic (exact) mass is 254 g/mol. The van der Waals surface area contributed by atoms with Gasteiger partial charge < -0.3 is 9.72 Å². The summed E-state index contributed by atoms with van der Waals surface area (Å²) in [4.78, 5) is 14.6. The maximum Gasteiger partial charge on any atom is 0.330 e. The lowest BCUT2D eigenvalue weighted by Crippen LogP contribution is -2.15. The van der Waals surface area contributed by atoms with Crippen LogP contribution in [0.5, 0.6) is 5.75 Å². The van der Waals surface area contributed by atoms with E-state index in [0.717, 1.165) is 28.1 Å². The predicted molar refractivity (Wildman–Crippen MR) is 74.7 cm³/mol. The number of aromatic nitrogens is 2. The molecule has 0 saturated heterocycles. The summed E-state index contributed by atoms with van der Waals surface area (Å²) in [5, 5.41) is 0. The summed E-state index contributed by atoms with van der Waals surface area (Å²) in [5.41, 5.74) is 3.71. The Bertz CT molecular complexity index is 782. The highest BCUT2D eigenvalue weighted by molar-refractivity contribution is 5.70. The molecule has 0 unspecified atom stereocenters. The van der Waals surface area contributed by atoms with E-state index in [1.165, 1.54) is 0 Å². The van der Waals surface area contributed by atoms with Crippen molar-refractivity contribution in [1.82, 2.24) is 9.38 Å². The Morgan fingerprint density at radius 3 is 2.53 bits per heavy atom. The maximum absolute atomic E-state index is 11.8. The molecule has 0 atom stereocenters. The van der Waals surface area contributed by atoms with E-state index < -0.39 is 0 Å². The van der Waals surface area contributed by atoms with Gasteiger partial charge in [-0.05, 0) is 36.8 Å². The van der Waals surface area contributed by atoms with E-state index in [9.17, 15) is 4.79 Å². The Morgan fingerprint density at radius 2 is 1.84 bits per heavy atom. The molecule has 0 fully saturated rings. The Kier molecular flexibility index (Phi) is 2.63. The first-order valence-corrected chi connectivity index (χ1v) is 6.04. The highest BCUT2D eigenvalue weighted by Gasteiger charge is 2.05. The zero-order valence-corrected chi connectivity index (χ0v) is 10.8. The number of rotatable bonds is 2. The molecule has 2 heterocycles. The molecule has 0 aliphatic rings. The molecule has 4 nitrogen and oxygen atoms in total. The molecule has 3 aromatic rings. The molecular formula is C15H14N2O2. The third kappa shape index (κ3) is 2.01. The SMILES string of the molecule is COc1ccc(-c2cc3cc(C)[nH]c(=O)n3c2)cc1. The number of benzene rings is 1. The summed E-state index contributed by atoms with van der Waals surface area (Å²) in [6.45, 7) is 1.88. The standard InChI is InChI=1S/C15H14N2O2/c1-10-7-13-8-12(9-17(13)15(18)16-10)11-3-5-14(19-2)6-4-11/h3-9H,1-2H3,(H,16,18). The van der Waals surface area contributed by atoms with Crippen LogP contribution in [0.25, 0.3) is 16.6 Å². The number of aryl methyl sites for hydroxylation is 1. The van der Waals surface area contributed by atoms with E-state index >= 15 is 0 Å². The van der Waals surface area contributed by atoms with Gasteiger partial charge in [0.1, 0.15) is 5.75 Å². The Balaban J connectivity index is 2.14. The van der Waals surface area contributed by atoms with Crippen molar-refractivity contribution in [2.75, 3.05) is 7.11 Å². The van der Waals surface area contributed by atoms with Crippen LogP contribution in [0.1, 0.15) is 5.69 Å². The molecule has 96 valence electrons. The van der Waals surface area contributed by atoms with Crippen LogP contribution >= 0.6 is 0 Å². The van der Waals surface area contributed by atoms with Gasteiger partial charge >= 0.3 is 5.69 Å². The molecular weight excluding hydrogens is 240 g/mol. The molecule has 0 radical (unpaired) electrons. The van der Waals surface area contributed by atoms with Crippen LogP contribution in [0.3, 0.4) is 0 Å². The Labute approximate surface area is 110 Å². The summed E-state index contributed by atoms with van der Waals surface area (Å²) in [7, 11) is 1.64. The first kappa shape index (κ1) is 11.6. The molecule has 0 aliphatic heterocycles. The fourth-order valence-corrected chi connectivity index (χ4v) is 2.19. The second-order valence-electron chi connectivity index (χ2n) is 4.51. The minimum atomic E-state index is -0.116. The van der Waals surface area contributed by atoms with Crippen molar-refractivity contribution in [1.29, 1.82) is 0 Å². The first-order valence-electron chi connectivity index (χ1n) is 6.04. The number of H-pyrrole nitrogens is 1. The molecule has 19 heavy (non-hydrogen) atoms. The second-order valence-corrected chi connectivity index (χ2v) is 4.51. The van der Waals surface area contributed by atoms with Crippen molar-refractivity contribution in [3.05, 3.63) is 58.8 Å². The van der Waals surface area contributed by atoms with Gasteiger partial charge in [-0.2, -0.15) is 0 Å². The average molecular weight is 254 g/mol. The third-order valence-corrected chi connectivity index (χ3v) is 3.16. The number of fused-ring (bicyclic) bond motifs is 1. The lowest BCUT2D eigenvalue weighted by atomic mass is 10.1. The summed E-state index contributed by atoms with van der Waals surface area (Å²) in [6, 6.07) is 11.7. The predicted octanol–water partition coefficient (Wildman–Crippen LogP) is 2.61. The Hall–Kier alpha value is -2.49. The van der Waals surface area contributed by atoms with Crippen LogP contribution in [0.2, 0.25) is 0 Å². The van der Waals surface area contributed by atoms with Crippen LogP contribution in [-0.2, 0) is 0 Å². The van der Waals surface area contributed by atoms with Crippen LogP contribution in [0.15, 0.2) is 47.4 Å². The summed E-state index contributed by atoms with van der Waals surface area (Å²) < 4.78 is 6.76. The fraction of sp³-hybridized carbons (Fsp3) is 0.133. The van der Waals surface area contributed by atoms with Gasteiger partial charge in [0.05, 0.1) is 12.6 Å². The van der Waals surface area contributed by atoms with Crippen LogP contribution in [0, 0.1) is 6.92 Å². The highest BCUT2D eigenvalue weighted by Crippen LogP contribution is 2.24. The zero-order valence-electron chi connectivity index (χ0n) is 10.8. The molecule has 3 rings (SSSR count). The number of ether oxygens (including phenoxy) is 1. The first-order chi connectivity index (χ1) is 9.17. The smallest absolute Gasteiger partial charge is 0.330 e. The van der Waals surface area contributed by atoms with Crippen molar-refractivity contribution in [3.63, 3.8) is 0 Å². The van der Waals surface area contributed by atoms with Crippen LogP contribution in [-0.4, -0.2) is 16.5 Å². The van der Waals surface area contributed by atoms with Crippen LogP contribution < -0.4 is 10.4 Å². The van der Waals surface area contributed by atoms with Gasteiger partial charge in [0.15, 0.2) is 0 Å². The van der Waals surface area contributed by atoms with Gasteiger partial charge in [-0.1, -0.05) is 12.1 Å². The molecule has 0 amide bonds. The molecule has 0 saturated carbocycles. The van der Waals surface area contributed by atoms with E-state index in [-0.39, 0.29) is 5.69 Å². The molecule has 0 aliphatic carbocycles. The topological polar surface area (TPSA) is 46.5 Å². The van der Waals surface area contributed by atoms with E-state index in [4.69, 9.17) is 4.74 Å². The van der Waals surface area contributed by atoms with E-state index in [2.05, 4.69) is 4.98 Å². The minimum Gasteiger partial charge on any atom is -0.497 e. The van der Waals surface area contributed by atoms with E-state index in [1.807, 2.05) is 49.5 Å².